The van der Waals surface area contributed by atoms with E-state index in [0.29, 0.717) is 5.57 Å². The zero-order chi connectivity index (χ0) is 13.5. The molecule has 18 heavy (non-hydrogen) atoms. The number of anilines is 1. The van der Waals surface area contributed by atoms with Crippen molar-refractivity contribution < 1.29 is 0 Å². The van der Waals surface area contributed by atoms with E-state index in [9.17, 15) is 0 Å². The highest BCUT2D eigenvalue weighted by atomic mass is 32.1. The standard InChI is InChI=1S/C14H15N3S/c1-17(2)13-8-6-11(7-9-13)4-3-5-12(10-15)14(16)18/h3-9H,1-2H3,(H2,16,18)/b4-3+,12-5-. The molecule has 0 amide bonds. The molecule has 4 heteroatoms. The number of rotatable bonds is 4. The summed E-state index contributed by atoms with van der Waals surface area (Å²) in [5.41, 5.74) is 7.89. The first-order chi connectivity index (χ1) is 8.54. The van der Waals surface area contributed by atoms with Gasteiger partial charge in [0.1, 0.15) is 11.1 Å². The average Bonchev–Trinajstić information content (AvgIpc) is 2.34. The van der Waals surface area contributed by atoms with E-state index in [0.717, 1.165) is 11.3 Å². The zero-order valence-electron chi connectivity index (χ0n) is 10.4. The van der Waals surface area contributed by atoms with Crippen molar-refractivity contribution in [3.05, 3.63) is 47.6 Å². The molecule has 1 rings (SSSR count). The van der Waals surface area contributed by atoms with Gasteiger partial charge in [0.05, 0.1) is 5.57 Å². The Morgan fingerprint density at radius 3 is 2.39 bits per heavy atom. The Balaban J connectivity index is 2.80. The van der Waals surface area contributed by atoms with E-state index >= 15 is 0 Å². The number of benzene rings is 1. The van der Waals surface area contributed by atoms with E-state index in [1.165, 1.54) is 0 Å². The van der Waals surface area contributed by atoms with Crippen molar-refractivity contribution in [2.75, 3.05) is 19.0 Å². The third kappa shape index (κ3) is 4.04. The highest BCUT2D eigenvalue weighted by Gasteiger charge is 1.96. The molecule has 0 aliphatic carbocycles. The molecule has 3 nitrogen and oxygen atoms in total. The van der Waals surface area contributed by atoms with Crippen molar-refractivity contribution in [3.8, 4) is 6.07 Å². The molecule has 1 aromatic carbocycles. The zero-order valence-corrected chi connectivity index (χ0v) is 11.2. The molecule has 0 spiro atoms. The second kappa shape index (κ2) is 6.58. The van der Waals surface area contributed by atoms with Gasteiger partial charge >= 0.3 is 0 Å². The van der Waals surface area contributed by atoms with E-state index in [1.807, 2.05) is 55.4 Å². The van der Waals surface area contributed by atoms with Crippen LogP contribution in [0.1, 0.15) is 5.56 Å². The molecule has 0 fully saturated rings. The normalized spacial score (nSPS) is 11.3. The van der Waals surface area contributed by atoms with E-state index in [-0.39, 0.29) is 4.99 Å². The fourth-order valence-corrected chi connectivity index (χ4v) is 1.43. The van der Waals surface area contributed by atoms with E-state index in [1.54, 1.807) is 12.2 Å². The van der Waals surface area contributed by atoms with Crippen LogP contribution in [0.4, 0.5) is 5.69 Å². The highest BCUT2D eigenvalue weighted by Crippen LogP contribution is 2.13. The Labute approximate surface area is 113 Å². The lowest BCUT2D eigenvalue weighted by Crippen LogP contribution is -2.09. The van der Waals surface area contributed by atoms with Gasteiger partial charge in [0.15, 0.2) is 0 Å². The van der Waals surface area contributed by atoms with Crippen molar-refractivity contribution in [2.45, 2.75) is 0 Å². The first-order valence-electron chi connectivity index (χ1n) is 5.40. The molecule has 0 bridgehead atoms. The Hall–Kier alpha value is -2.12. The van der Waals surface area contributed by atoms with Gasteiger partial charge in [-0.2, -0.15) is 5.26 Å². The molecule has 0 aliphatic heterocycles. The van der Waals surface area contributed by atoms with Gasteiger partial charge in [-0.3, -0.25) is 0 Å². The number of nitrogens with zero attached hydrogens (tertiary/aromatic N) is 2. The predicted octanol–water partition coefficient (Wildman–Crippen LogP) is 2.50. The minimum Gasteiger partial charge on any atom is -0.389 e. The predicted molar refractivity (Wildman–Crippen MR) is 80.3 cm³/mol. The fourth-order valence-electron chi connectivity index (χ4n) is 1.31. The molecule has 1 aromatic rings. The van der Waals surface area contributed by atoms with Crippen LogP contribution in [-0.4, -0.2) is 19.1 Å². The molecule has 92 valence electrons. The maximum atomic E-state index is 8.77. The van der Waals surface area contributed by atoms with Gasteiger partial charge < -0.3 is 10.6 Å². The smallest absolute Gasteiger partial charge is 0.114 e. The van der Waals surface area contributed by atoms with E-state index in [2.05, 4.69) is 0 Å². The largest absolute Gasteiger partial charge is 0.389 e. The SMILES string of the molecule is CN(C)c1ccc(/C=C/C=C(/C#N)C(N)=S)cc1. The molecule has 0 saturated heterocycles. The lowest BCUT2D eigenvalue weighted by Gasteiger charge is -2.11. The minimum atomic E-state index is 0.116. The molecule has 2 N–H and O–H groups in total. The van der Waals surface area contributed by atoms with Gasteiger partial charge in [-0.15, -0.1) is 0 Å². The summed E-state index contributed by atoms with van der Waals surface area (Å²) < 4.78 is 0. The second-order valence-corrected chi connectivity index (χ2v) is 4.34. The van der Waals surface area contributed by atoms with Crippen molar-refractivity contribution in [2.24, 2.45) is 5.73 Å². The Morgan fingerprint density at radius 2 is 1.94 bits per heavy atom. The summed E-state index contributed by atoms with van der Waals surface area (Å²) in [6.45, 7) is 0. The van der Waals surface area contributed by atoms with Crippen LogP contribution in [0, 0.1) is 11.3 Å². The van der Waals surface area contributed by atoms with Crippen LogP contribution in [0.5, 0.6) is 0 Å². The van der Waals surface area contributed by atoms with Gasteiger partial charge in [-0.05, 0) is 23.8 Å². The maximum absolute atomic E-state index is 8.77. The summed E-state index contributed by atoms with van der Waals surface area (Å²) in [5, 5.41) is 8.77. The molecule has 0 saturated carbocycles. The number of nitriles is 1. The molecule has 0 heterocycles. The maximum Gasteiger partial charge on any atom is 0.114 e. The summed E-state index contributed by atoms with van der Waals surface area (Å²) in [7, 11) is 3.99. The fraction of sp³-hybridized carbons (Fsp3) is 0.143. The number of hydrogen-bond acceptors (Lipinski definition) is 3. The second-order valence-electron chi connectivity index (χ2n) is 3.90. The molecule has 0 radical (unpaired) electrons. The van der Waals surface area contributed by atoms with Crippen LogP contribution in [0.3, 0.4) is 0 Å². The summed E-state index contributed by atoms with van der Waals surface area (Å²) in [6.07, 6.45) is 5.28. The van der Waals surface area contributed by atoms with E-state index < -0.39 is 0 Å². The summed E-state index contributed by atoms with van der Waals surface area (Å²) in [4.78, 5) is 2.15. The Morgan fingerprint density at radius 1 is 1.33 bits per heavy atom. The lowest BCUT2D eigenvalue weighted by molar-refractivity contribution is 1.13. The van der Waals surface area contributed by atoms with Gasteiger partial charge in [-0.1, -0.05) is 36.5 Å². The van der Waals surface area contributed by atoms with Crippen LogP contribution >= 0.6 is 12.2 Å². The summed E-state index contributed by atoms with van der Waals surface area (Å²) in [6, 6.07) is 10.0. The molecular weight excluding hydrogens is 242 g/mol. The monoisotopic (exact) mass is 257 g/mol. The number of nitrogens with two attached hydrogens (primary N) is 1. The van der Waals surface area contributed by atoms with Crippen molar-refractivity contribution >= 4 is 29.0 Å². The van der Waals surface area contributed by atoms with Crippen LogP contribution in [-0.2, 0) is 0 Å². The molecule has 0 atom stereocenters. The van der Waals surface area contributed by atoms with Crippen molar-refractivity contribution in [1.82, 2.24) is 0 Å². The number of hydrogen-bond donors (Lipinski definition) is 1. The Kier molecular flexibility index (Phi) is 5.09. The third-order valence-corrected chi connectivity index (χ3v) is 2.57. The number of thiocarbonyl (C=S) groups is 1. The van der Waals surface area contributed by atoms with Gasteiger partial charge in [0.25, 0.3) is 0 Å². The molecular formula is C14H15N3S. The van der Waals surface area contributed by atoms with E-state index in [4.69, 9.17) is 23.2 Å². The first-order valence-corrected chi connectivity index (χ1v) is 5.81. The summed E-state index contributed by atoms with van der Waals surface area (Å²) >= 11 is 4.74. The van der Waals surface area contributed by atoms with Gasteiger partial charge in [0, 0.05) is 19.8 Å². The van der Waals surface area contributed by atoms with Crippen molar-refractivity contribution in [3.63, 3.8) is 0 Å². The third-order valence-electron chi connectivity index (χ3n) is 2.35. The van der Waals surface area contributed by atoms with Crippen LogP contribution < -0.4 is 10.6 Å². The number of allylic oxidation sites excluding steroid dienone is 2. The van der Waals surface area contributed by atoms with Gasteiger partial charge in [-0.25, -0.2) is 0 Å². The summed E-state index contributed by atoms with van der Waals surface area (Å²) in [5.74, 6) is 0. The van der Waals surface area contributed by atoms with Crippen LogP contribution in [0.15, 0.2) is 42.0 Å². The van der Waals surface area contributed by atoms with Crippen LogP contribution in [0.2, 0.25) is 0 Å². The molecule has 0 unspecified atom stereocenters. The lowest BCUT2D eigenvalue weighted by atomic mass is 10.1. The molecule has 0 aromatic heterocycles. The van der Waals surface area contributed by atoms with Gasteiger partial charge in [0.2, 0.25) is 0 Å². The Bertz CT molecular complexity index is 519. The topological polar surface area (TPSA) is 53.0 Å². The van der Waals surface area contributed by atoms with Crippen LogP contribution in [0.25, 0.3) is 6.08 Å². The first kappa shape index (κ1) is 13.9. The minimum absolute atomic E-state index is 0.116. The van der Waals surface area contributed by atoms with Crippen molar-refractivity contribution in [1.29, 1.82) is 5.26 Å². The highest BCUT2D eigenvalue weighted by molar-refractivity contribution is 7.80. The average molecular weight is 257 g/mol. The molecule has 0 aliphatic rings. The quantitative estimate of drug-likeness (QED) is 0.390.